The van der Waals surface area contributed by atoms with Crippen molar-refractivity contribution in [3.05, 3.63) is 40.9 Å². The number of benzene rings is 1. The van der Waals surface area contributed by atoms with Crippen LogP contribution in [0.4, 0.5) is 5.69 Å². The van der Waals surface area contributed by atoms with Crippen LogP contribution in [-0.4, -0.2) is 38.9 Å². The average molecular weight is 335 g/mol. The van der Waals surface area contributed by atoms with Crippen LogP contribution >= 0.6 is 24.0 Å². The standard InChI is InChI=1S/C14H13N3O3S2/c18-10-6-11-17(10)12(13(19)20)9(22-11)7-15-14(21)16-8-4-2-1-3-5-8/h1-5,11H,6-7H2,(H,19,20)(H2,15,16,21)/t11-/m0/s1. The predicted molar refractivity (Wildman–Crippen MR) is 88.2 cm³/mol. The Morgan fingerprint density at radius 2 is 2.14 bits per heavy atom. The average Bonchev–Trinajstić information content (AvgIpc) is 2.79. The highest BCUT2D eigenvalue weighted by atomic mass is 32.2. The highest BCUT2D eigenvalue weighted by Crippen LogP contribution is 2.45. The van der Waals surface area contributed by atoms with Crippen molar-refractivity contribution in [3.63, 3.8) is 0 Å². The van der Waals surface area contributed by atoms with Crippen LogP contribution < -0.4 is 10.6 Å². The molecule has 114 valence electrons. The van der Waals surface area contributed by atoms with E-state index in [1.165, 1.54) is 16.7 Å². The molecule has 1 saturated heterocycles. The van der Waals surface area contributed by atoms with Gasteiger partial charge in [0.05, 0.1) is 18.3 Å². The molecule has 0 aromatic heterocycles. The summed E-state index contributed by atoms with van der Waals surface area (Å²) < 4.78 is 0. The highest BCUT2D eigenvalue weighted by molar-refractivity contribution is 8.04. The van der Waals surface area contributed by atoms with Crippen LogP contribution in [-0.2, 0) is 9.59 Å². The molecule has 1 atom stereocenters. The third kappa shape index (κ3) is 2.79. The van der Waals surface area contributed by atoms with Gasteiger partial charge in [0, 0.05) is 10.6 Å². The van der Waals surface area contributed by atoms with Crippen molar-refractivity contribution < 1.29 is 14.7 Å². The Morgan fingerprint density at radius 1 is 1.41 bits per heavy atom. The summed E-state index contributed by atoms with van der Waals surface area (Å²) in [6.07, 6.45) is 0.387. The zero-order chi connectivity index (χ0) is 15.7. The number of nitrogens with zero attached hydrogens (tertiary/aromatic N) is 1. The third-order valence-corrected chi connectivity index (χ3v) is 4.85. The van der Waals surface area contributed by atoms with Gasteiger partial charge in [0.25, 0.3) is 0 Å². The van der Waals surface area contributed by atoms with E-state index in [0.29, 0.717) is 16.4 Å². The summed E-state index contributed by atoms with van der Waals surface area (Å²) >= 11 is 6.59. The van der Waals surface area contributed by atoms with E-state index < -0.39 is 5.97 Å². The number of β-lactam (4-membered cyclic amide) rings is 1. The molecule has 0 radical (unpaired) electrons. The maximum Gasteiger partial charge on any atom is 0.353 e. The smallest absolute Gasteiger partial charge is 0.353 e. The molecule has 0 bridgehead atoms. The number of anilines is 1. The maximum atomic E-state index is 11.5. The van der Waals surface area contributed by atoms with Crippen molar-refractivity contribution in [2.45, 2.75) is 11.8 Å². The van der Waals surface area contributed by atoms with Gasteiger partial charge in [0.15, 0.2) is 5.11 Å². The molecule has 0 spiro atoms. The van der Waals surface area contributed by atoms with Gasteiger partial charge in [-0.05, 0) is 24.4 Å². The van der Waals surface area contributed by atoms with Crippen molar-refractivity contribution in [2.24, 2.45) is 0 Å². The Balaban J connectivity index is 1.63. The fraction of sp³-hybridized carbons (Fsp3) is 0.214. The minimum absolute atomic E-state index is 0.0706. The molecule has 2 heterocycles. The van der Waals surface area contributed by atoms with Gasteiger partial charge in [-0.25, -0.2) is 4.79 Å². The van der Waals surface area contributed by atoms with Crippen molar-refractivity contribution in [1.29, 1.82) is 0 Å². The summed E-state index contributed by atoms with van der Waals surface area (Å²) in [4.78, 5) is 24.8. The van der Waals surface area contributed by atoms with Gasteiger partial charge in [-0.3, -0.25) is 9.69 Å². The van der Waals surface area contributed by atoms with Crippen LogP contribution in [0, 0.1) is 0 Å². The molecule has 1 amide bonds. The summed E-state index contributed by atoms with van der Waals surface area (Å²) in [5.74, 6) is -1.23. The molecule has 2 aliphatic rings. The van der Waals surface area contributed by atoms with Crippen LogP contribution in [0.2, 0.25) is 0 Å². The molecule has 0 aliphatic carbocycles. The number of hydrogen-bond acceptors (Lipinski definition) is 4. The van der Waals surface area contributed by atoms with Gasteiger partial charge < -0.3 is 15.7 Å². The number of amides is 1. The van der Waals surface area contributed by atoms with Crippen LogP contribution in [0.25, 0.3) is 0 Å². The first-order valence-electron chi connectivity index (χ1n) is 6.61. The van der Waals surface area contributed by atoms with E-state index in [1.54, 1.807) is 0 Å². The molecule has 8 heteroatoms. The lowest BCUT2D eigenvalue weighted by Crippen LogP contribution is -2.48. The second kappa shape index (κ2) is 5.98. The SMILES string of the molecule is O=C(O)C1=C(CNC(=S)Nc2ccccc2)S[C@H]2CC(=O)N12. The van der Waals surface area contributed by atoms with Crippen LogP contribution in [0.5, 0.6) is 0 Å². The summed E-state index contributed by atoms with van der Waals surface area (Å²) in [5.41, 5.74) is 0.923. The minimum atomic E-state index is -1.08. The lowest BCUT2D eigenvalue weighted by atomic mass is 10.1. The lowest BCUT2D eigenvalue weighted by Gasteiger charge is -2.33. The number of carboxylic acids is 1. The largest absolute Gasteiger partial charge is 0.477 e. The van der Waals surface area contributed by atoms with Crippen molar-refractivity contribution >= 4 is 46.7 Å². The molecule has 6 nitrogen and oxygen atoms in total. The van der Waals surface area contributed by atoms with E-state index in [9.17, 15) is 14.7 Å². The highest BCUT2D eigenvalue weighted by Gasteiger charge is 2.48. The first-order valence-corrected chi connectivity index (χ1v) is 7.90. The van der Waals surface area contributed by atoms with Crippen LogP contribution in [0.1, 0.15) is 6.42 Å². The van der Waals surface area contributed by atoms with Gasteiger partial charge >= 0.3 is 5.97 Å². The molecular weight excluding hydrogens is 322 g/mol. The van der Waals surface area contributed by atoms with E-state index in [0.717, 1.165) is 5.69 Å². The third-order valence-electron chi connectivity index (χ3n) is 3.33. The molecule has 1 aromatic rings. The van der Waals surface area contributed by atoms with Gasteiger partial charge in [-0.2, -0.15) is 0 Å². The zero-order valence-corrected chi connectivity index (χ0v) is 13.0. The second-order valence-electron chi connectivity index (χ2n) is 4.79. The van der Waals surface area contributed by atoms with Gasteiger partial charge in [-0.15, -0.1) is 11.8 Å². The van der Waals surface area contributed by atoms with Gasteiger partial charge in [0.2, 0.25) is 5.91 Å². The van der Waals surface area contributed by atoms with E-state index in [4.69, 9.17) is 12.2 Å². The predicted octanol–water partition coefficient (Wildman–Crippen LogP) is 1.57. The fourth-order valence-corrected chi connectivity index (χ4v) is 3.84. The number of thioether (sulfide) groups is 1. The Labute approximate surface area is 136 Å². The number of nitrogens with one attached hydrogen (secondary N) is 2. The number of hydrogen-bond donors (Lipinski definition) is 3. The van der Waals surface area contributed by atoms with Crippen molar-refractivity contribution in [3.8, 4) is 0 Å². The molecule has 0 unspecified atom stereocenters. The number of para-hydroxylation sites is 1. The molecule has 3 N–H and O–H groups in total. The zero-order valence-electron chi connectivity index (χ0n) is 11.4. The minimum Gasteiger partial charge on any atom is -0.477 e. The topological polar surface area (TPSA) is 81.7 Å². The quantitative estimate of drug-likeness (QED) is 0.569. The maximum absolute atomic E-state index is 11.5. The lowest BCUT2D eigenvalue weighted by molar-refractivity contribution is -0.145. The number of fused-ring (bicyclic) bond motifs is 1. The molecule has 22 heavy (non-hydrogen) atoms. The number of carbonyl (C=O) groups excluding carboxylic acids is 1. The Morgan fingerprint density at radius 3 is 2.77 bits per heavy atom. The summed E-state index contributed by atoms with van der Waals surface area (Å²) in [7, 11) is 0. The van der Waals surface area contributed by atoms with E-state index in [-0.39, 0.29) is 23.5 Å². The molecule has 3 rings (SSSR count). The normalized spacial score (nSPS) is 19.5. The number of aliphatic carboxylic acids is 1. The second-order valence-corrected chi connectivity index (χ2v) is 6.47. The van der Waals surface area contributed by atoms with Crippen LogP contribution in [0.3, 0.4) is 0 Å². The Bertz CT molecular complexity index is 675. The molecule has 1 aromatic carbocycles. The first kappa shape index (κ1) is 14.9. The summed E-state index contributed by atoms with van der Waals surface area (Å²) in [6.45, 7) is 0.283. The number of thiocarbonyl (C=S) groups is 1. The van der Waals surface area contributed by atoms with Crippen molar-refractivity contribution in [1.82, 2.24) is 10.2 Å². The fourth-order valence-electron chi connectivity index (χ4n) is 2.31. The van der Waals surface area contributed by atoms with Crippen LogP contribution in [0.15, 0.2) is 40.9 Å². The van der Waals surface area contributed by atoms with Crippen molar-refractivity contribution in [2.75, 3.05) is 11.9 Å². The number of rotatable bonds is 4. The Hall–Kier alpha value is -2.06. The molecule has 0 saturated carbocycles. The van der Waals surface area contributed by atoms with Gasteiger partial charge in [0.1, 0.15) is 5.70 Å². The monoisotopic (exact) mass is 335 g/mol. The summed E-state index contributed by atoms with van der Waals surface area (Å²) in [6, 6.07) is 9.44. The summed E-state index contributed by atoms with van der Waals surface area (Å²) in [5, 5.41) is 15.6. The molecule has 2 aliphatic heterocycles. The Kier molecular flexibility index (Phi) is 4.04. The van der Waals surface area contributed by atoms with E-state index in [2.05, 4.69) is 10.6 Å². The first-order chi connectivity index (χ1) is 10.6. The number of carbonyl (C=O) groups is 2. The molecular formula is C14H13N3O3S2. The molecule has 1 fully saturated rings. The number of carboxylic acid groups (broad SMARTS) is 1. The van der Waals surface area contributed by atoms with E-state index in [1.807, 2.05) is 30.3 Å². The van der Waals surface area contributed by atoms with Gasteiger partial charge in [-0.1, -0.05) is 18.2 Å². The van der Waals surface area contributed by atoms with E-state index >= 15 is 0 Å².